The van der Waals surface area contributed by atoms with E-state index in [2.05, 4.69) is 240 Å². The van der Waals surface area contributed by atoms with Crippen LogP contribution in [0.3, 0.4) is 0 Å². The van der Waals surface area contributed by atoms with Gasteiger partial charge < -0.3 is 9.80 Å². The number of benzene rings is 11. The molecule has 0 fully saturated rings. The lowest BCUT2D eigenvalue weighted by molar-refractivity contribution is -0.384. The highest BCUT2D eigenvalue weighted by atomic mass is 16.6. The minimum atomic E-state index is -0.345. The van der Waals surface area contributed by atoms with Crippen LogP contribution in [0.2, 0.25) is 0 Å². The van der Waals surface area contributed by atoms with E-state index in [1.54, 1.807) is 12.1 Å². The first-order chi connectivity index (χ1) is 35.0. The largest absolute Gasteiger partial charge is 0.310 e. The molecule has 0 aliphatic carbocycles. The third-order valence-electron chi connectivity index (χ3n) is 13.0. The summed E-state index contributed by atoms with van der Waals surface area (Å²) >= 11 is 0. The van der Waals surface area contributed by atoms with Crippen molar-refractivity contribution < 1.29 is 4.92 Å². The standard InChI is InChI=1S/C66H47N3O2/c70-69(71)62-44-34-57(35-45-62)64-46-63(56-24-14-5-15-25-56)65(67(58-36-26-52(27-37-58)48-16-6-1-7-17-48)59-38-28-53(29-39-59)49-18-8-2-9-19-49)47-66(64)68(60-40-30-54(31-41-60)50-20-10-3-11-21-50)61-42-32-55(33-43-61)51-22-12-4-13-23-51/h1-47H. The summed E-state index contributed by atoms with van der Waals surface area (Å²) in [6.07, 6.45) is 0. The lowest BCUT2D eigenvalue weighted by atomic mass is 9.93. The normalized spacial score (nSPS) is 10.9. The van der Waals surface area contributed by atoms with Gasteiger partial charge in [-0.05, 0) is 128 Å². The molecule has 71 heavy (non-hydrogen) atoms. The number of non-ortho nitro benzene ring substituents is 1. The molecule has 0 bridgehead atoms. The Kier molecular flexibility index (Phi) is 12.3. The first-order valence-corrected chi connectivity index (χ1v) is 23.7. The third kappa shape index (κ3) is 9.36. The van der Waals surface area contributed by atoms with E-state index < -0.39 is 0 Å². The van der Waals surface area contributed by atoms with Gasteiger partial charge in [0.2, 0.25) is 0 Å². The van der Waals surface area contributed by atoms with Crippen molar-refractivity contribution in [3.63, 3.8) is 0 Å². The fourth-order valence-corrected chi connectivity index (χ4v) is 9.38. The fourth-order valence-electron chi connectivity index (χ4n) is 9.38. The molecule has 338 valence electrons. The van der Waals surface area contributed by atoms with Gasteiger partial charge in [-0.25, -0.2) is 0 Å². The van der Waals surface area contributed by atoms with Crippen molar-refractivity contribution in [2.24, 2.45) is 0 Å². The maximum Gasteiger partial charge on any atom is 0.269 e. The van der Waals surface area contributed by atoms with Gasteiger partial charge >= 0.3 is 0 Å². The van der Waals surface area contributed by atoms with E-state index in [-0.39, 0.29) is 10.6 Å². The molecule has 0 N–H and O–H groups in total. The second-order valence-electron chi connectivity index (χ2n) is 17.4. The van der Waals surface area contributed by atoms with Gasteiger partial charge in [-0.2, -0.15) is 0 Å². The molecule has 0 spiro atoms. The van der Waals surface area contributed by atoms with Gasteiger partial charge in [0.15, 0.2) is 0 Å². The Bertz CT molecular complexity index is 3370. The number of nitrogens with zero attached hydrogens (tertiary/aromatic N) is 3. The van der Waals surface area contributed by atoms with E-state index >= 15 is 0 Å². The van der Waals surface area contributed by atoms with Gasteiger partial charge in [-0.3, -0.25) is 10.1 Å². The monoisotopic (exact) mass is 913 g/mol. The predicted molar refractivity (Wildman–Crippen MR) is 295 cm³/mol. The number of nitro groups is 1. The molecule has 0 aliphatic heterocycles. The molecule has 0 radical (unpaired) electrons. The van der Waals surface area contributed by atoms with Crippen LogP contribution in [0.5, 0.6) is 0 Å². The maximum absolute atomic E-state index is 12.1. The van der Waals surface area contributed by atoms with Gasteiger partial charge in [0.1, 0.15) is 0 Å². The predicted octanol–water partition coefficient (Wildman–Crippen LogP) is 18.5. The smallest absolute Gasteiger partial charge is 0.269 e. The summed E-state index contributed by atoms with van der Waals surface area (Å²) in [6.45, 7) is 0. The molecular weight excluding hydrogens is 867 g/mol. The Morgan fingerprint density at radius 1 is 0.254 bits per heavy atom. The van der Waals surface area contributed by atoms with Crippen molar-refractivity contribution in [3.05, 3.63) is 295 Å². The molecule has 0 heterocycles. The molecule has 0 aliphatic rings. The van der Waals surface area contributed by atoms with Gasteiger partial charge in [0.05, 0.1) is 16.3 Å². The topological polar surface area (TPSA) is 49.6 Å². The molecule has 0 atom stereocenters. The maximum atomic E-state index is 12.1. The average Bonchev–Trinajstić information content (AvgIpc) is 3.45. The molecule has 11 aromatic rings. The Morgan fingerprint density at radius 2 is 0.479 bits per heavy atom. The van der Waals surface area contributed by atoms with Crippen LogP contribution in [0.25, 0.3) is 66.8 Å². The Morgan fingerprint density at radius 3 is 0.746 bits per heavy atom. The molecule has 0 saturated heterocycles. The zero-order valence-electron chi connectivity index (χ0n) is 38.8. The zero-order valence-corrected chi connectivity index (χ0v) is 38.8. The van der Waals surface area contributed by atoms with E-state index in [1.807, 2.05) is 42.5 Å². The van der Waals surface area contributed by atoms with Crippen molar-refractivity contribution >= 4 is 39.8 Å². The molecule has 11 aromatic carbocycles. The zero-order chi connectivity index (χ0) is 47.9. The molecule has 11 rings (SSSR count). The molecule has 0 aromatic heterocycles. The number of hydrogen-bond acceptors (Lipinski definition) is 4. The van der Waals surface area contributed by atoms with Crippen molar-refractivity contribution in [1.82, 2.24) is 0 Å². The van der Waals surface area contributed by atoms with E-state index in [1.165, 1.54) is 0 Å². The Labute approximate surface area is 414 Å². The third-order valence-corrected chi connectivity index (χ3v) is 13.0. The second kappa shape index (κ2) is 19.9. The lowest BCUT2D eigenvalue weighted by Crippen LogP contribution is -2.15. The summed E-state index contributed by atoms with van der Waals surface area (Å²) in [4.78, 5) is 16.4. The first kappa shape index (κ1) is 44.0. The molecule has 5 nitrogen and oxygen atoms in total. The molecule has 0 unspecified atom stereocenters. The van der Waals surface area contributed by atoms with Crippen LogP contribution < -0.4 is 9.80 Å². The average molecular weight is 914 g/mol. The second-order valence-corrected chi connectivity index (χ2v) is 17.4. The van der Waals surface area contributed by atoms with Crippen LogP contribution >= 0.6 is 0 Å². The van der Waals surface area contributed by atoms with E-state index in [0.29, 0.717) is 0 Å². The SMILES string of the molecule is O=[N+]([O-])c1ccc(-c2cc(-c3ccccc3)c(N(c3ccc(-c4ccccc4)cc3)c3ccc(-c4ccccc4)cc3)cc2N(c2ccc(-c3ccccc3)cc2)c2ccc(-c3ccccc3)cc2)cc1. The fraction of sp³-hybridized carbons (Fsp3) is 0. The van der Waals surface area contributed by atoms with Crippen LogP contribution in [0.1, 0.15) is 0 Å². The highest BCUT2D eigenvalue weighted by Crippen LogP contribution is 2.50. The number of rotatable bonds is 13. The van der Waals surface area contributed by atoms with Crippen LogP contribution in [0, 0.1) is 10.1 Å². The first-order valence-electron chi connectivity index (χ1n) is 23.7. The highest BCUT2D eigenvalue weighted by molar-refractivity contribution is 5.99. The summed E-state index contributed by atoms with van der Waals surface area (Å²) in [6, 6.07) is 98.7. The number of anilines is 6. The van der Waals surface area contributed by atoms with Gasteiger partial charge in [-0.15, -0.1) is 0 Å². The quantitative estimate of drug-likeness (QED) is 0.0854. The van der Waals surface area contributed by atoms with Gasteiger partial charge in [-0.1, -0.05) is 200 Å². The van der Waals surface area contributed by atoms with E-state index in [0.717, 1.165) is 101 Å². The Hall–Kier alpha value is -9.58. The van der Waals surface area contributed by atoms with Crippen LogP contribution in [-0.2, 0) is 0 Å². The molecular formula is C66H47N3O2. The minimum Gasteiger partial charge on any atom is -0.310 e. The van der Waals surface area contributed by atoms with Crippen molar-refractivity contribution in [1.29, 1.82) is 0 Å². The summed E-state index contributed by atoms with van der Waals surface area (Å²) in [5.74, 6) is 0. The lowest BCUT2D eigenvalue weighted by Gasteiger charge is -2.33. The van der Waals surface area contributed by atoms with Crippen molar-refractivity contribution in [2.45, 2.75) is 0 Å². The minimum absolute atomic E-state index is 0.0316. The summed E-state index contributed by atoms with van der Waals surface area (Å²) in [5.41, 5.74) is 18.5. The van der Waals surface area contributed by atoms with Gasteiger partial charge in [0, 0.05) is 46.0 Å². The molecule has 0 saturated carbocycles. The summed E-state index contributed by atoms with van der Waals surface area (Å²) in [5, 5.41) is 12.1. The number of nitro benzene ring substituents is 1. The molecule has 5 heteroatoms. The highest BCUT2D eigenvalue weighted by Gasteiger charge is 2.26. The van der Waals surface area contributed by atoms with Crippen LogP contribution in [-0.4, -0.2) is 4.92 Å². The van der Waals surface area contributed by atoms with Crippen LogP contribution in [0.15, 0.2) is 285 Å². The molecule has 0 amide bonds. The summed E-state index contributed by atoms with van der Waals surface area (Å²) < 4.78 is 0. The summed E-state index contributed by atoms with van der Waals surface area (Å²) in [7, 11) is 0. The van der Waals surface area contributed by atoms with Crippen molar-refractivity contribution in [2.75, 3.05) is 9.80 Å². The number of hydrogen-bond donors (Lipinski definition) is 0. The van der Waals surface area contributed by atoms with Crippen molar-refractivity contribution in [3.8, 4) is 66.8 Å². The van der Waals surface area contributed by atoms with Gasteiger partial charge in [0.25, 0.3) is 5.69 Å². The van der Waals surface area contributed by atoms with E-state index in [4.69, 9.17) is 0 Å². The Balaban J connectivity index is 1.18. The van der Waals surface area contributed by atoms with Crippen LogP contribution in [0.4, 0.5) is 39.8 Å². The van der Waals surface area contributed by atoms with E-state index in [9.17, 15) is 10.1 Å².